The van der Waals surface area contributed by atoms with Gasteiger partial charge in [0.2, 0.25) is 11.8 Å². The van der Waals surface area contributed by atoms with Crippen molar-refractivity contribution in [2.45, 2.75) is 52.5 Å². The summed E-state index contributed by atoms with van der Waals surface area (Å²) in [4.78, 5) is 34.6. The molecule has 3 aliphatic rings. The number of halogens is 1. The minimum absolute atomic E-state index is 0.187. The summed E-state index contributed by atoms with van der Waals surface area (Å²) >= 11 is 0. The zero-order chi connectivity index (χ0) is 23.8. The summed E-state index contributed by atoms with van der Waals surface area (Å²) in [5, 5.41) is 0. The molecule has 0 aromatic heterocycles. The Morgan fingerprint density at radius 1 is 1.03 bits per heavy atom. The van der Waals surface area contributed by atoms with Gasteiger partial charge in [-0.25, -0.2) is 4.39 Å². The number of hydrogen-bond acceptors (Lipinski definition) is 4. The molecule has 6 nitrogen and oxygen atoms in total. The number of piperazine rings is 1. The molecule has 0 radical (unpaired) electrons. The number of piperidine rings is 1. The van der Waals surface area contributed by atoms with E-state index in [4.69, 9.17) is 0 Å². The molecule has 0 N–H and O–H groups in total. The lowest BCUT2D eigenvalue weighted by atomic mass is 9.75. The Bertz CT molecular complexity index is 850. The lowest BCUT2D eigenvalue weighted by molar-refractivity contribution is -0.146. The molecule has 1 atom stereocenters. The van der Waals surface area contributed by atoms with Crippen LogP contribution in [0.2, 0.25) is 0 Å². The van der Waals surface area contributed by atoms with Crippen molar-refractivity contribution in [2.75, 3.05) is 57.8 Å². The fraction of sp³-hybridized carbons (Fsp3) is 0.692. The Morgan fingerprint density at radius 3 is 2.21 bits per heavy atom. The number of nitrogens with zero attached hydrogens (tertiary/aromatic N) is 4. The maximum absolute atomic E-state index is 13.2. The van der Waals surface area contributed by atoms with Crippen LogP contribution in [0.25, 0.3) is 0 Å². The van der Waals surface area contributed by atoms with Gasteiger partial charge in [0, 0.05) is 70.0 Å². The number of hydrogen-bond donors (Lipinski definition) is 0. The largest absolute Gasteiger partial charge is 0.369 e. The Hall–Kier alpha value is -2.15. The van der Waals surface area contributed by atoms with Gasteiger partial charge in [-0.3, -0.25) is 14.5 Å². The van der Waals surface area contributed by atoms with E-state index in [9.17, 15) is 14.0 Å². The molecule has 33 heavy (non-hydrogen) atoms. The monoisotopic (exact) mass is 458 g/mol. The van der Waals surface area contributed by atoms with Crippen LogP contribution in [0.1, 0.15) is 46.5 Å². The van der Waals surface area contributed by atoms with Gasteiger partial charge in [-0.05, 0) is 49.9 Å². The molecule has 182 valence electrons. The minimum atomic E-state index is -0.371. The van der Waals surface area contributed by atoms with E-state index in [1.165, 1.54) is 12.1 Å². The highest BCUT2D eigenvalue weighted by atomic mass is 19.1. The molecule has 0 aliphatic carbocycles. The van der Waals surface area contributed by atoms with Gasteiger partial charge in [0.15, 0.2) is 0 Å². The molecule has 3 saturated heterocycles. The molecule has 2 amide bonds. The number of amides is 2. The highest BCUT2D eigenvalue weighted by Crippen LogP contribution is 2.45. The predicted molar refractivity (Wildman–Crippen MR) is 129 cm³/mol. The van der Waals surface area contributed by atoms with Crippen LogP contribution in [0, 0.1) is 16.6 Å². The molecule has 1 aromatic rings. The normalized spacial score (nSPS) is 24.1. The van der Waals surface area contributed by atoms with Crippen LogP contribution in [-0.2, 0) is 9.59 Å². The zero-order valence-electron chi connectivity index (χ0n) is 20.6. The minimum Gasteiger partial charge on any atom is -0.369 e. The molecule has 0 bridgehead atoms. The Balaban J connectivity index is 1.26. The van der Waals surface area contributed by atoms with Crippen molar-refractivity contribution in [1.82, 2.24) is 14.7 Å². The van der Waals surface area contributed by atoms with E-state index in [0.29, 0.717) is 13.1 Å². The van der Waals surface area contributed by atoms with Crippen molar-refractivity contribution in [2.24, 2.45) is 10.8 Å². The van der Waals surface area contributed by atoms with Gasteiger partial charge < -0.3 is 14.7 Å². The summed E-state index contributed by atoms with van der Waals surface area (Å²) in [6, 6.07) is 7.02. The summed E-state index contributed by atoms with van der Waals surface area (Å²) < 4.78 is 13.2. The van der Waals surface area contributed by atoms with Crippen LogP contribution in [0.5, 0.6) is 0 Å². The second-order valence-corrected chi connectivity index (χ2v) is 11.2. The van der Waals surface area contributed by atoms with E-state index >= 15 is 0 Å². The molecule has 1 spiro atoms. The first-order chi connectivity index (χ1) is 15.6. The fourth-order valence-electron chi connectivity index (χ4n) is 5.75. The van der Waals surface area contributed by atoms with E-state index in [1.54, 1.807) is 0 Å². The lowest BCUT2D eigenvalue weighted by Gasteiger charge is -2.40. The number of carbonyl (C=O) groups excluding carboxylic acids is 2. The molecular formula is C26H39FN4O2. The third-order valence-corrected chi connectivity index (χ3v) is 7.94. The van der Waals surface area contributed by atoms with Gasteiger partial charge in [-0.1, -0.05) is 20.8 Å². The topological polar surface area (TPSA) is 47.1 Å². The van der Waals surface area contributed by atoms with Gasteiger partial charge in [-0.15, -0.1) is 0 Å². The van der Waals surface area contributed by atoms with Crippen LogP contribution < -0.4 is 4.90 Å². The molecule has 0 saturated carbocycles. The summed E-state index contributed by atoms with van der Waals surface area (Å²) in [7, 11) is 1.96. The van der Waals surface area contributed by atoms with Crippen LogP contribution in [-0.4, -0.2) is 85.4 Å². The average molecular weight is 459 g/mol. The standard InChI is InChI=1S/C26H39FN4O2/c1-25(2,3)23(32)31-13-10-26(11-14-31)19-22(28(4)24(26)33)9-12-29-15-17-30(18-16-29)21-7-5-20(27)6-8-21/h5-8,22H,9-19H2,1-4H3/t22-/m0/s1. The third kappa shape index (κ3) is 5.03. The van der Waals surface area contributed by atoms with Crippen molar-refractivity contribution < 1.29 is 14.0 Å². The van der Waals surface area contributed by atoms with Crippen LogP contribution in [0.4, 0.5) is 10.1 Å². The summed E-state index contributed by atoms with van der Waals surface area (Å²) in [6.45, 7) is 12.1. The first kappa shape index (κ1) is 24.0. The molecule has 1 aromatic carbocycles. The van der Waals surface area contributed by atoms with Gasteiger partial charge in [0.05, 0.1) is 5.41 Å². The first-order valence-corrected chi connectivity index (χ1v) is 12.4. The molecule has 4 rings (SSSR count). The van der Waals surface area contributed by atoms with E-state index in [1.807, 2.05) is 49.8 Å². The molecular weight excluding hydrogens is 419 g/mol. The smallest absolute Gasteiger partial charge is 0.228 e. The second kappa shape index (κ2) is 9.24. The average Bonchev–Trinajstić information content (AvgIpc) is 3.03. The van der Waals surface area contributed by atoms with Crippen molar-refractivity contribution in [3.63, 3.8) is 0 Å². The van der Waals surface area contributed by atoms with Crippen molar-refractivity contribution >= 4 is 17.5 Å². The second-order valence-electron chi connectivity index (χ2n) is 11.2. The van der Waals surface area contributed by atoms with E-state index in [-0.39, 0.29) is 34.5 Å². The van der Waals surface area contributed by atoms with E-state index in [2.05, 4.69) is 9.80 Å². The SMILES string of the molecule is CN1C(=O)C2(CCN(C(=O)C(C)(C)C)CC2)C[C@@H]1CCN1CCN(c2ccc(F)cc2)CC1. The van der Waals surface area contributed by atoms with Crippen molar-refractivity contribution in [3.05, 3.63) is 30.1 Å². The molecule has 7 heteroatoms. The fourth-order valence-corrected chi connectivity index (χ4v) is 5.75. The number of benzene rings is 1. The summed E-state index contributed by atoms with van der Waals surface area (Å²) in [5.74, 6) is 0.265. The molecule has 0 unspecified atom stereocenters. The van der Waals surface area contributed by atoms with E-state index < -0.39 is 0 Å². The summed E-state index contributed by atoms with van der Waals surface area (Å²) in [6.07, 6.45) is 3.47. The van der Waals surface area contributed by atoms with Crippen molar-refractivity contribution in [3.8, 4) is 0 Å². The predicted octanol–water partition coefficient (Wildman–Crippen LogP) is 3.22. The quantitative estimate of drug-likeness (QED) is 0.695. The van der Waals surface area contributed by atoms with Gasteiger partial charge >= 0.3 is 0 Å². The number of anilines is 1. The number of rotatable bonds is 4. The van der Waals surface area contributed by atoms with E-state index in [0.717, 1.165) is 64.1 Å². The highest BCUT2D eigenvalue weighted by molar-refractivity contribution is 5.86. The first-order valence-electron chi connectivity index (χ1n) is 12.4. The Labute approximate surface area is 197 Å². The maximum Gasteiger partial charge on any atom is 0.228 e. The Kier molecular flexibility index (Phi) is 6.72. The maximum atomic E-state index is 13.2. The zero-order valence-corrected chi connectivity index (χ0v) is 20.6. The Morgan fingerprint density at radius 2 is 1.64 bits per heavy atom. The number of likely N-dealkylation sites (tertiary alicyclic amines) is 2. The molecule has 3 fully saturated rings. The molecule has 3 heterocycles. The van der Waals surface area contributed by atoms with Crippen LogP contribution in [0.15, 0.2) is 24.3 Å². The van der Waals surface area contributed by atoms with Crippen LogP contribution >= 0.6 is 0 Å². The summed E-state index contributed by atoms with van der Waals surface area (Å²) in [5.41, 5.74) is 0.426. The molecule has 3 aliphatic heterocycles. The van der Waals surface area contributed by atoms with Crippen LogP contribution in [0.3, 0.4) is 0 Å². The highest BCUT2D eigenvalue weighted by Gasteiger charge is 2.51. The van der Waals surface area contributed by atoms with Crippen molar-refractivity contribution in [1.29, 1.82) is 0 Å². The van der Waals surface area contributed by atoms with Gasteiger partial charge in [0.25, 0.3) is 0 Å². The number of carbonyl (C=O) groups is 2. The lowest BCUT2D eigenvalue weighted by Crippen LogP contribution is -2.49. The van der Waals surface area contributed by atoms with Gasteiger partial charge in [0.1, 0.15) is 5.82 Å². The third-order valence-electron chi connectivity index (χ3n) is 7.94. The van der Waals surface area contributed by atoms with Gasteiger partial charge in [-0.2, -0.15) is 0 Å².